The zero-order chi connectivity index (χ0) is 58.1. The van der Waals surface area contributed by atoms with Crippen molar-refractivity contribution in [3.63, 3.8) is 0 Å². The van der Waals surface area contributed by atoms with Crippen molar-refractivity contribution in [1.82, 2.24) is 0 Å². The van der Waals surface area contributed by atoms with Crippen molar-refractivity contribution in [3.8, 4) is 77.9 Å². The summed E-state index contributed by atoms with van der Waals surface area (Å²) in [6, 6.07) is 122. The van der Waals surface area contributed by atoms with Gasteiger partial charge in [-0.15, -0.1) is 0 Å². The molecule has 3 heteroatoms. The van der Waals surface area contributed by atoms with E-state index in [4.69, 9.17) is 0 Å². The predicted molar refractivity (Wildman–Crippen MR) is 369 cm³/mol. The molecule has 0 aromatic heterocycles. The largest absolute Gasteiger partial charge is 0.311 e. The Labute approximate surface area is 518 Å². The summed E-state index contributed by atoms with van der Waals surface area (Å²) in [7, 11) is 0. The van der Waals surface area contributed by atoms with E-state index in [0.717, 1.165) is 16.9 Å². The van der Waals surface area contributed by atoms with Crippen LogP contribution in [0.25, 0.3) is 77.9 Å². The first-order chi connectivity index (χ1) is 44.2. The van der Waals surface area contributed by atoms with E-state index in [1.807, 2.05) is 0 Å². The van der Waals surface area contributed by atoms with Crippen molar-refractivity contribution in [1.29, 1.82) is 0 Å². The quantitative estimate of drug-likeness (QED) is 0.159. The van der Waals surface area contributed by atoms with Gasteiger partial charge in [-0.2, -0.15) is 0 Å². The van der Waals surface area contributed by atoms with Crippen LogP contribution in [-0.2, 0) is 10.8 Å². The molecule has 0 atom stereocenters. The lowest BCUT2D eigenvalue weighted by Crippen LogP contribution is -2.61. The first-order valence-corrected chi connectivity index (χ1v) is 31.3. The SMILES string of the molecule is c1ccc(-c2ccc3c(c2)N(c2ccc4c(c2)-c2ccccc2C42c4ccccc4-c4ccccc42)c2cc(-c4ccccc4)cc4c2B3c2ccc(-c3ccccc3)cc2N4c2ccc3c(c2)-c2ccccc2C32c3ccccc3-c3ccccc32)cc1. The van der Waals surface area contributed by atoms with E-state index in [1.165, 1.54) is 156 Å². The van der Waals surface area contributed by atoms with Gasteiger partial charge in [-0.05, 0) is 187 Å². The summed E-state index contributed by atoms with van der Waals surface area (Å²) in [6.45, 7) is -0.105. The predicted octanol–water partition coefficient (Wildman–Crippen LogP) is 19.5. The number of hydrogen-bond donors (Lipinski definition) is 0. The summed E-state index contributed by atoms with van der Waals surface area (Å²) >= 11 is 0. The number of benzene rings is 14. The highest BCUT2D eigenvalue weighted by molar-refractivity contribution is 7.00. The Hall–Kier alpha value is -11.3. The zero-order valence-corrected chi connectivity index (χ0v) is 48.6. The minimum absolute atomic E-state index is 0.105. The molecule has 2 nitrogen and oxygen atoms in total. The number of nitrogens with zero attached hydrogens (tertiary/aromatic N) is 2. The van der Waals surface area contributed by atoms with E-state index < -0.39 is 10.8 Å². The van der Waals surface area contributed by atoms with Crippen LogP contribution < -0.4 is 26.2 Å². The van der Waals surface area contributed by atoms with Crippen LogP contribution in [0.5, 0.6) is 0 Å². The van der Waals surface area contributed by atoms with Crippen molar-refractivity contribution >= 4 is 57.2 Å². The zero-order valence-electron chi connectivity index (χ0n) is 48.6. The fraction of sp³-hybridized carbons (Fsp3) is 0.0233. The molecule has 4 aliphatic carbocycles. The highest BCUT2D eigenvalue weighted by Crippen LogP contribution is 2.65. The van der Waals surface area contributed by atoms with Gasteiger partial charge in [-0.3, -0.25) is 0 Å². The lowest BCUT2D eigenvalue weighted by molar-refractivity contribution is 0.794. The van der Waals surface area contributed by atoms with Crippen molar-refractivity contribution in [3.05, 3.63) is 366 Å². The Bertz CT molecular complexity index is 4950. The van der Waals surface area contributed by atoms with Gasteiger partial charge in [-0.1, -0.05) is 273 Å². The summed E-state index contributed by atoms with van der Waals surface area (Å²) in [5.74, 6) is 0. The lowest BCUT2D eigenvalue weighted by atomic mass is 9.33. The van der Waals surface area contributed by atoms with E-state index >= 15 is 0 Å². The fourth-order valence-electron chi connectivity index (χ4n) is 17.4. The summed E-state index contributed by atoms with van der Waals surface area (Å²) in [4.78, 5) is 5.26. The summed E-state index contributed by atoms with van der Waals surface area (Å²) in [5, 5.41) is 0. The Morgan fingerprint density at radius 1 is 0.202 bits per heavy atom. The average molecular weight is 1130 g/mol. The molecule has 0 fully saturated rings. The summed E-state index contributed by atoms with van der Waals surface area (Å²) < 4.78 is 0. The molecule has 2 aliphatic heterocycles. The van der Waals surface area contributed by atoms with Gasteiger partial charge < -0.3 is 9.80 Å². The molecule has 0 amide bonds. The first kappa shape index (κ1) is 48.9. The number of rotatable bonds is 5. The molecule has 410 valence electrons. The van der Waals surface area contributed by atoms with Crippen LogP contribution in [0.4, 0.5) is 34.1 Å². The molecule has 20 rings (SSSR count). The standard InChI is InChI=1S/C86H53BN2/c1-4-22-54(23-5-1)57-40-46-78-80(48-57)88(60-42-44-76-68(52-60)66-32-14-20-38-74(66)85(76)70-34-16-10-28-62(70)63-29-11-17-35-71(63)85)82-50-59(56-26-8-3-9-27-56)51-83-84(82)87(78)79-47-41-58(55-24-6-2-7-25-55)49-81(79)89(83)61-43-45-77-69(53-61)67-33-15-21-39-75(67)86(77)72-36-18-12-30-64(72)65-31-13-19-37-73(65)86/h1-53H. The van der Waals surface area contributed by atoms with Crippen molar-refractivity contribution in [2.75, 3.05) is 9.80 Å². The van der Waals surface area contributed by atoms with Crippen molar-refractivity contribution in [2.24, 2.45) is 0 Å². The molecule has 89 heavy (non-hydrogen) atoms. The van der Waals surface area contributed by atoms with Gasteiger partial charge in [0.2, 0.25) is 0 Å². The fourth-order valence-corrected chi connectivity index (χ4v) is 17.4. The Morgan fingerprint density at radius 2 is 0.483 bits per heavy atom. The van der Waals surface area contributed by atoms with Gasteiger partial charge in [-0.25, -0.2) is 0 Å². The smallest absolute Gasteiger partial charge is 0.252 e. The normalized spacial score (nSPS) is 14.4. The van der Waals surface area contributed by atoms with Crippen LogP contribution >= 0.6 is 0 Å². The van der Waals surface area contributed by atoms with Crippen LogP contribution in [0.3, 0.4) is 0 Å². The number of hydrogen-bond acceptors (Lipinski definition) is 2. The Kier molecular flexibility index (Phi) is 9.98. The summed E-state index contributed by atoms with van der Waals surface area (Å²) in [5.41, 5.74) is 38.0. The van der Waals surface area contributed by atoms with E-state index in [9.17, 15) is 0 Å². The van der Waals surface area contributed by atoms with Gasteiger partial charge in [0, 0.05) is 34.1 Å². The highest BCUT2D eigenvalue weighted by atomic mass is 15.2. The second-order valence-electron chi connectivity index (χ2n) is 24.9. The van der Waals surface area contributed by atoms with E-state index in [-0.39, 0.29) is 6.71 Å². The number of fused-ring (bicyclic) bond motifs is 24. The van der Waals surface area contributed by atoms with Gasteiger partial charge in [0.25, 0.3) is 6.71 Å². The first-order valence-electron chi connectivity index (χ1n) is 31.3. The van der Waals surface area contributed by atoms with E-state index in [0.29, 0.717) is 0 Å². The monoisotopic (exact) mass is 1120 g/mol. The maximum absolute atomic E-state index is 2.63. The van der Waals surface area contributed by atoms with Crippen LogP contribution in [0, 0.1) is 0 Å². The second-order valence-corrected chi connectivity index (χ2v) is 24.9. The van der Waals surface area contributed by atoms with E-state index in [1.54, 1.807) is 0 Å². The molecule has 14 aromatic rings. The molecule has 0 radical (unpaired) electrons. The molecule has 0 bridgehead atoms. The lowest BCUT2D eigenvalue weighted by Gasteiger charge is -2.45. The topological polar surface area (TPSA) is 6.48 Å². The maximum atomic E-state index is 2.63. The van der Waals surface area contributed by atoms with Gasteiger partial charge in [0.05, 0.1) is 10.8 Å². The van der Waals surface area contributed by atoms with Crippen LogP contribution in [0.1, 0.15) is 44.5 Å². The minimum atomic E-state index is -0.460. The molecule has 2 heterocycles. The van der Waals surface area contributed by atoms with Crippen molar-refractivity contribution in [2.45, 2.75) is 10.8 Å². The third-order valence-electron chi connectivity index (χ3n) is 20.9. The third kappa shape index (κ3) is 6.40. The van der Waals surface area contributed by atoms with Crippen LogP contribution in [0.15, 0.2) is 322 Å². The van der Waals surface area contributed by atoms with E-state index in [2.05, 4.69) is 331 Å². The minimum Gasteiger partial charge on any atom is -0.311 e. The third-order valence-corrected chi connectivity index (χ3v) is 20.9. The summed E-state index contributed by atoms with van der Waals surface area (Å²) in [6.07, 6.45) is 0. The highest BCUT2D eigenvalue weighted by Gasteiger charge is 2.54. The molecule has 6 aliphatic rings. The Morgan fingerprint density at radius 3 is 0.831 bits per heavy atom. The van der Waals surface area contributed by atoms with Gasteiger partial charge >= 0.3 is 0 Å². The van der Waals surface area contributed by atoms with Crippen LogP contribution in [0.2, 0.25) is 0 Å². The molecular weight excluding hydrogens is 1070 g/mol. The number of anilines is 6. The second kappa shape index (κ2) is 18.2. The average Bonchev–Trinajstić information content (AvgIpc) is 1.64. The Balaban J connectivity index is 0.871. The molecular formula is C86H53BN2. The van der Waals surface area contributed by atoms with Crippen molar-refractivity contribution < 1.29 is 0 Å². The molecule has 2 spiro atoms. The molecule has 0 unspecified atom stereocenters. The molecule has 0 N–H and O–H groups in total. The molecule has 0 saturated heterocycles. The van der Waals surface area contributed by atoms with Gasteiger partial charge in [0.1, 0.15) is 0 Å². The van der Waals surface area contributed by atoms with Gasteiger partial charge in [0.15, 0.2) is 0 Å². The van der Waals surface area contributed by atoms with Crippen LogP contribution in [-0.4, -0.2) is 6.71 Å². The molecule has 14 aromatic carbocycles. The maximum Gasteiger partial charge on any atom is 0.252 e. The molecule has 0 saturated carbocycles.